The minimum absolute atomic E-state index is 0.199. The molecule has 1 amide bonds. The van der Waals surface area contributed by atoms with Crippen molar-refractivity contribution in [2.45, 2.75) is 12.8 Å². The fourth-order valence-corrected chi connectivity index (χ4v) is 3.48. The first-order valence-corrected chi connectivity index (χ1v) is 10.9. The van der Waals surface area contributed by atoms with Crippen LogP contribution in [0.2, 0.25) is 0 Å². The highest BCUT2D eigenvalue weighted by Gasteiger charge is 2.08. The van der Waals surface area contributed by atoms with Crippen LogP contribution < -0.4 is 10.6 Å². The average molecular weight is 455 g/mol. The third kappa shape index (κ3) is 6.10. The fourth-order valence-electron chi connectivity index (χ4n) is 3.48. The second-order valence-electron chi connectivity index (χ2n) is 7.70. The highest BCUT2D eigenvalue weighted by molar-refractivity contribution is 5.95. The molecule has 2 N–H and O–H groups in total. The predicted molar refractivity (Wildman–Crippen MR) is 130 cm³/mol. The molecule has 7 heteroatoms. The number of benzene rings is 2. The maximum atomic E-state index is 13.4. The number of carbonyl (C=O) groups excluding carboxylic acids is 2. The van der Waals surface area contributed by atoms with Crippen molar-refractivity contribution >= 4 is 23.8 Å². The van der Waals surface area contributed by atoms with Gasteiger partial charge in [0.05, 0.1) is 0 Å². The van der Waals surface area contributed by atoms with Gasteiger partial charge in [0, 0.05) is 41.3 Å². The number of rotatable bonds is 8. The summed E-state index contributed by atoms with van der Waals surface area (Å²) >= 11 is 0. The van der Waals surface area contributed by atoms with Crippen LogP contribution in [0, 0.1) is 5.82 Å². The Balaban J connectivity index is 1.35. The van der Waals surface area contributed by atoms with Crippen LogP contribution in [0.25, 0.3) is 11.1 Å². The number of anilines is 2. The molecule has 4 rings (SSSR count). The molecule has 2 aromatic carbocycles. The van der Waals surface area contributed by atoms with Crippen molar-refractivity contribution in [2.75, 3.05) is 11.9 Å². The van der Waals surface area contributed by atoms with Gasteiger partial charge in [-0.15, -0.1) is 0 Å². The van der Waals surface area contributed by atoms with Gasteiger partial charge in [0.1, 0.15) is 12.1 Å². The molecule has 1 aromatic heterocycles. The summed E-state index contributed by atoms with van der Waals surface area (Å²) < 4.78 is 13.4. The molecule has 6 nitrogen and oxygen atoms in total. The molecule has 1 aliphatic carbocycles. The first-order valence-electron chi connectivity index (χ1n) is 10.9. The Labute approximate surface area is 197 Å². The second kappa shape index (κ2) is 11.0. The van der Waals surface area contributed by atoms with Gasteiger partial charge in [0.2, 0.25) is 5.95 Å². The van der Waals surface area contributed by atoms with Crippen LogP contribution in [-0.4, -0.2) is 28.7 Å². The summed E-state index contributed by atoms with van der Waals surface area (Å²) in [6.45, 7) is 0.448. The molecule has 1 aliphatic rings. The predicted octanol–water partition coefficient (Wildman–Crippen LogP) is 5.16. The Morgan fingerprint density at radius 1 is 1.06 bits per heavy atom. The van der Waals surface area contributed by atoms with E-state index in [1.807, 2.05) is 30.4 Å². The van der Waals surface area contributed by atoms with E-state index in [9.17, 15) is 14.0 Å². The lowest BCUT2D eigenvalue weighted by Crippen LogP contribution is -2.24. The molecule has 0 bridgehead atoms. The van der Waals surface area contributed by atoms with Crippen LogP contribution in [0.4, 0.5) is 16.0 Å². The van der Waals surface area contributed by atoms with Crippen molar-refractivity contribution in [1.82, 2.24) is 15.3 Å². The SMILES string of the molecule is O=CC1=CCC=CC(CCNC(=O)c2cccc(Nc3ncc(-c4cccc(F)c4)cn3)c2)=C1. The average Bonchev–Trinajstić information content (AvgIpc) is 3.10. The summed E-state index contributed by atoms with van der Waals surface area (Å²) in [5.74, 6) is -0.154. The van der Waals surface area contributed by atoms with E-state index in [-0.39, 0.29) is 11.7 Å². The lowest BCUT2D eigenvalue weighted by Gasteiger charge is -2.09. The number of aromatic nitrogens is 2. The largest absolute Gasteiger partial charge is 0.352 e. The Morgan fingerprint density at radius 3 is 2.68 bits per heavy atom. The van der Waals surface area contributed by atoms with Gasteiger partial charge in [-0.25, -0.2) is 14.4 Å². The zero-order chi connectivity index (χ0) is 23.8. The Bertz CT molecular complexity index is 1280. The van der Waals surface area contributed by atoms with Gasteiger partial charge in [0.25, 0.3) is 5.91 Å². The fraction of sp³-hybridized carbons (Fsp3) is 0.111. The summed E-state index contributed by atoms with van der Waals surface area (Å²) in [5.41, 5.74) is 4.20. The number of amides is 1. The molecule has 0 unspecified atom stereocenters. The number of carbonyl (C=O) groups is 2. The highest BCUT2D eigenvalue weighted by atomic mass is 19.1. The van der Waals surface area contributed by atoms with E-state index in [1.54, 1.807) is 42.7 Å². The highest BCUT2D eigenvalue weighted by Crippen LogP contribution is 2.20. The molecular formula is C27H23FN4O2. The minimum Gasteiger partial charge on any atom is -0.352 e. The standard InChI is InChI=1S/C27H23FN4O2/c28-24-9-3-7-21(14-24)23-16-30-27(31-17-23)32-25-10-4-8-22(15-25)26(34)29-12-11-19-5-1-2-6-20(13-19)18-33/h1,3-10,13-18H,2,11-12H2,(H,29,34)(H,30,31,32). The van der Waals surface area contributed by atoms with Crippen molar-refractivity contribution in [2.24, 2.45) is 0 Å². The van der Waals surface area contributed by atoms with Crippen molar-refractivity contribution in [1.29, 1.82) is 0 Å². The van der Waals surface area contributed by atoms with Crippen LogP contribution in [-0.2, 0) is 4.79 Å². The van der Waals surface area contributed by atoms with E-state index >= 15 is 0 Å². The zero-order valence-electron chi connectivity index (χ0n) is 18.4. The van der Waals surface area contributed by atoms with Gasteiger partial charge in [-0.05, 0) is 60.4 Å². The molecule has 0 fully saturated rings. The van der Waals surface area contributed by atoms with Gasteiger partial charge >= 0.3 is 0 Å². The Kier molecular flexibility index (Phi) is 7.35. The summed E-state index contributed by atoms with van der Waals surface area (Å²) in [5, 5.41) is 5.99. The third-order valence-electron chi connectivity index (χ3n) is 5.20. The van der Waals surface area contributed by atoms with E-state index in [1.165, 1.54) is 12.1 Å². The van der Waals surface area contributed by atoms with E-state index in [2.05, 4.69) is 20.6 Å². The number of nitrogens with one attached hydrogen (secondary N) is 2. The van der Waals surface area contributed by atoms with Crippen molar-refractivity contribution in [3.8, 4) is 11.1 Å². The van der Waals surface area contributed by atoms with Crippen molar-refractivity contribution < 1.29 is 14.0 Å². The molecule has 0 saturated heterocycles. The number of hydrogen-bond acceptors (Lipinski definition) is 5. The molecule has 3 aromatic rings. The molecular weight excluding hydrogens is 431 g/mol. The van der Waals surface area contributed by atoms with Gasteiger partial charge in [-0.2, -0.15) is 0 Å². The molecule has 1 heterocycles. The number of allylic oxidation sites excluding steroid dienone is 5. The van der Waals surface area contributed by atoms with Crippen LogP contribution in [0.15, 0.2) is 96.4 Å². The quantitative estimate of drug-likeness (QED) is 0.460. The summed E-state index contributed by atoms with van der Waals surface area (Å²) in [4.78, 5) is 32.2. The normalized spacial score (nSPS) is 12.9. The van der Waals surface area contributed by atoms with Crippen molar-refractivity contribution in [3.05, 3.63) is 108 Å². The molecule has 0 radical (unpaired) electrons. The molecule has 0 spiro atoms. The lowest BCUT2D eigenvalue weighted by atomic mass is 10.1. The van der Waals surface area contributed by atoms with E-state index in [4.69, 9.17) is 0 Å². The lowest BCUT2D eigenvalue weighted by molar-refractivity contribution is -0.104. The van der Waals surface area contributed by atoms with Crippen LogP contribution in [0.5, 0.6) is 0 Å². The molecule has 0 atom stereocenters. The van der Waals surface area contributed by atoms with Gasteiger partial charge in [-0.3, -0.25) is 9.59 Å². The number of nitrogens with zero attached hydrogens (tertiary/aromatic N) is 2. The first-order chi connectivity index (χ1) is 16.6. The minimum atomic E-state index is -0.320. The Morgan fingerprint density at radius 2 is 1.88 bits per heavy atom. The first kappa shape index (κ1) is 22.8. The smallest absolute Gasteiger partial charge is 0.251 e. The van der Waals surface area contributed by atoms with Crippen LogP contribution >= 0.6 is 0 Å². The molecule has 0 saturated carbocycles. The van der Waals surface area contributed by atoms with Crippen molar-refractivity contribution in [3.63, 3.8) is 0 Å². The maximum absolute atomic E-state index is 13.4. The topological polar surface area (TPSA) is 84.0 Å². The number of halogens is 1. The monoisotopic (exact) mass is 454 g/mol. The third-order valence-corrected chi connectivity index (χ3v) is 5.20. The molecule has 170 valence electrons. The Hall–Kier alpha value is -4.39. The summed E-state index contributed by atoms with van der Waals surface area (Å²) in [6.07, 6.45) is 13.1. The van der Waals surface area contributed by atoms with Crippen LogP contribution in [0.3, 0.4) is 0 Å². The molecule has 0 aliphatic heterocycles. The maximum Gasteiger partial charge on any atom is 0.251 e. The zero-order valence-corrected chi connectivity index (χ0v) is 18.4. The van der Waals surface area contributed by atoms with Gasteiger partial charge in [0.15, 0.2) is 0 Å². The van der Waals surface area contributed by atoms with E-state index < -0.39 is 0 Å². The van der Waals surface area contributed by atoms with Crippen LogP contribution in [0.1, 0.15) is 23.2 Å². The summed E-state index contributed by atoms with van der Waals surface area (Å²) in [6, 6.07) is 13.3. The molecule has 34 heavy (non-hydrogen) atoms. The van der Waals surface area contributed by atoms with Gasteiger partial charge < -0.3 is 10.6 Å². The number of hydrogen-bond donors (Lipinski definition) is 2. The van der Waals surface area contributed by atoms with Gasteiger partial charge in [-0.1, -0.05) is 36.4 Å². The summed E-state index contributed by atoms with van der Waals surface area (Å²) in [7, 11) is 0. The number of aldehydes is 1. The second-order valence-corrected chi connectivity index (χ2v) is 7.70. The van der Waals surface area contributed by atoms with E-state index in [0.29, 0.717) is 46.9 Å². The van der Waals surface area contributed by atoms with E-state index in [0.717, 1.165) is 18.3 Å².